The van der Waals surface area contributed by atoms with Crippen molar-refractivity contribution in [2.24, 2.45) is 0 Å². The maximum Gasteiger partial charge on any atom is 0.397 e. The van der Waals surface area contributed by atoms with E-state index < -0.39 is 26.3 Å². The van der Waals surface area contributed by atoms with Crippen LogP contribution in [-0.2, 0) is 24.7 Å². The molecule has 0 aromatic carbocycles. The van der Waals surface area contributed by atoms with Crippen LogP contribution < -0.4 is 0 Å². The molecule has 7 nitrogen and oxygen atoms in total. The highest BCUT2D eigenvalue weighted by atomic mass is 32.3. The fraction of sp³-hybridized carbons (Fsp3) is 1.00. The summed E-state index contributed by atoms with van der Waals surface area (Å²) in [6.07, 6.45) is 0.175. The van der Waals surface area contributed by atoms with Crippen molar-refractivity contribution in [1.82, 2.24) is 0 Å². The SMILES string of the molecule is O=S(=O)(O)CCCCOS(=O)(=O)O. The molecule has 0 spiro atoms. The largest absolute Gasteiger partial charge is 0.397 e. The molecule has 0 aliphatic rings. The number of hydrogen-bond acceptors (Lipinski definition) is 5. The van der Waals surface area contributed by atoms with E-state index in [1.165, 1.54) is 0 Å². The highest BCUT2D eigenvalue weighted by Crippen LogP contribution is 1.96. The Morgan fingerprint density at radius 1 is 1.00 bits per heavy atom. The molecular weight excluding hydrogens is 224 g/mol. The predicted octanol–water partition coefficient (Wildman–Crippen LogP) is -0.526. The first-order valence-electron chi connectivity index (χ1n) is 3.28. The van der Waals surface area contributed by atoms with Gasteiger partial charge in [0.05, 0.1) is 12.4 Å². The third-order valence-corrected chi connectivity index (χ3v) is 2.30. The van der Waals surface area contributed by atoms with E-state index in [-0.39, 0.29) is 19.4 Å². The van der Waals surface area contributed by atoms with Gasteiger partial charge in [-0.25, -0.2) is 4.18 Å². The van der Waals surface area contributed by atoms with Gasteiger partial charge < -0.3 is 0 Å². The summed E-state index contributed by atoms with van der Waals surface area (Å²) in [5, 5.41) is 0. The molecule has 0 heterocycles. The van der Waals surface area contributed by atoms with Gasteiger partial charge in [-0.3, -0.25) is 9.11 Å². The van der Waals surface area contributed by atoms with Crippen LogP contribution in [0.25, 0.3) is 0 Å². The Balaban J connectivity index is 3.50. The normalized spacial score (nSPS) is 13.1. The molecule has 0 unspecified atom stereocenters. The minimum absolute atomic E-state index is 0.0638. The highest BCUT2D eigenvalue weighted by Gasteiger charge is 2.06. The molecule has 2 N–H and O–H groups in total. The van der Waals surface area contributed by atoms with Gasteiger partial charge in [0.2, 0.25) is 0 Å². The topological polar surface area (TPSA) is 118 Å². The number of hydrogen-bond donors (Lipinski definition) is 2. The van der Waals surface area contributed by atoms with Crippen molar-refractivity contribution in [3.05, 3.63) is 0 Å². The van der Waals surface area contributed by atoms with Crippen LogP contribution in [0.3, 0.4) is 0 Å². The quantitative estimate of drug-likeness (QED) is 0.468. The summed E-state index contributed by atoms with van der Waals surface area (Å²) >= 11 is 0. The van der Waals surface area contributed by atoms with Crippen molar-refractivity contribution in [2.45, 2.75) is 12.8 Å². The van der Waals surface area contributed by atoms with Crippen LogP contribution in [0.2, 0.25) is 0 Å². The average Bonchev–Trinajstić information content (AvgIpc) is 1.81. The summed E-state index contributed by atoms with van der Waals surface area (Å²) in [7, 11) is -8.46. The van der Waals surface area contributed by atoms with Crippen molar-refractivity contribution in [3.63, 3.8) is 0 Å². The average molecular weight is 234 g/mol. The van der Waals surface area contributed by atoms with Crippen LogP contribution >= 0.6 is 0 Å². The van der Waals surface area contributed by atoms with Crippen molar-refractivity contribution >= 4 is 20.5 Å². The standard InChI is InChI=1S/C4H10O7S2/c5-12(6,7)4-2-1-3-11-13(8,9)10/h1-4H2,(H,5,6,7)(H,8,9,10). The Morgan fingerprint density at radius 2 is 1.54 bits per heavy atom. The van der Waals surface area contributed by atoms with E-state index in [9.17, 15) is 16.8 Å². The van der Waals surface area contributed by atoms with E-state index in [2.05, 4.69) is 4.18 Å². The summed E-state index contributed by atoms with van der Waals surface area (Å²) < 4.78 is 60.4. The summed E-state index contributed by atoms with van der Waals surface area (Å²) in [5.41, 5.74) is 0. The first kappa shape index (κ1) is 12.8. The second-order valence-electron chi connectivity index (χ2n) is 2.24. The minimum Gasteiger partial charge on any atom is -0.286 e. The summed E-state index contributed by atoms with van der Waals surface area (Å²) in [4.78, 5) is 0. The predicted molar refractivity (Wildman–Crippen MR) is 43.2 cm³/mol. The molecule has 0 aromatic rings. The van der Waals surface area contributed by atoms with Crippen molar-refractivity contribution in [3.8, 4) is 0 Å². The maximum atomic E-state index is 10.1. The smallest absolute Gasteiger partial charge is 0.286 e. The Kier molecular flexibility index (Phi) is 4.78. The zero-order valence-corrected chi connectivity index (χ0v) is 8.21. The second kappa shape index (κ2) is 4.86. The van der Waals surface area contributed by atoms with Gasteiger partial charge in [0.15, 0.2) is 0 Å². The summed E-state index contributed by atoms with van der Waals surface area (Å²) in [6, 6.07) is 0. The van der Waals surface area contributed by atoms with Crippen LogP contribution in [0, 0.1) is 0 Å². The first-order chi connectivity index (χ1) is 5.71. The lowest BCUT2D eigenvalue weighted by molar-refractivity contribution is 0.264. The van der Waals surface area contributed by atoms with Crippen LogP contribution in [0.5, 0.6) is 0 Å². The monoisotopic (exact) mass is 234 g/mol. The molecule has 0 aliphatic heterocycles. The van der Waals surface area contributed by atoms with Gasteiger partial charge in [0, 0.05) is 0 Å². The highest BCUT2D eigenvalue weighted by molar-refractivity contribution is 7.85. The molecule has 0 aromatic heterocycles. The van der Waals surface area contributed by atoms with Gasteiger partial charge in [-0.1, -0.05) is 0 Å². The van der Waals surface area contributed by atoms with E-state index in [0.29, 0.717) is 0 Å². The third-order valence-electron chi connectivity index (χ3n) is 1.03. The fourth-order valence-corrected chi connectivity index (χ4v) is 1.45. The van der Waals surface area contributed by atoms with Gasteiger partial charge in [-0.15, -0.1) is 0 Å². The lowest BCUT2D eigenvalue weighted by atomic mass is 10.4. The molecule has 0 bridgehead atoms. The molecule has 0 fully saturated rings. The molecular formula is C4H10O7S2. The van der Waals surface area contributed by atoms with Gasteiger partial charge in [-0.05, 0) is 12.8 Å². The number of unbranched alkanes of at least 4 members (excludes halogenated alkanes) is 1. The van der Waals surface area contributed by atoms with Gasteiger partial charge >= 0.3 is 10.4 Å². The van der Waals surface area contributed by atoms with E-state index >= 15 is 0 Å². The second-order valence-corrected chi connectivity index (χ2v) is 4.91. The third kappa shape index (κ3) is 11.8. The Labute approximate surface area is 76.4 Å². The van der Waals surface area contributed by atoms with Gasteiger partial charge in [0.25, 0.3) is 10.1 Å². The molecule has 0 amide bonds. The van der Waals surface area contributed by atoms with E-state index in [0.717, 1.165) is 0 Å². The van der Waals surface area contributed by atoms with Crippen LogP contribution in [0.4, 0.5) is 0 Å². The zero-order valence-electron chi connectivity index (χ0n) is 6.58. The fourth-order valence-electron chi connectivity index (χ4n) is 0.551. The van der Waals surface area contributed by atoms with Crippen molar-refractivity contribution < 1.29 is 30.1 Å². The molecule has 0 radical (unpaired) electrons. The molecule has 9 heteroatoms. The minimum atomic E-state index is -4.45. The molecule has 80 valence electrons. The molecule has 0 saturated carbocycles. The molecule has 0 rings (SSSR count). The summed E-state index contributed by atoms with van der Waals surface area (Å²) in [5.74, 6) is -0.457. The van der Waals surface area contributed by atoms with Crippen LogP contribution in [0.15, 0.2) is 0 Å². The van der Waals surface area contributed by atoms with Crippen molar-refractivity contribution in [1.29, 1.82) is 0 Å². The van der Waals surface area contributed by atoms with Crippen LogP contribution in [0.1, 0.15) is 12.8 Å². The summed E-state index contributed by atoms with van der Waals surface area (Å²) in [6.45, 7) is -0.311. The van der Waals surface area contributed by atoms with Crippen molar-refractivity contribution in [2.75, 3.05) is 12.4 Å². The maximum absolute atomic E-state index is 10.1. The van der Waals surface area contributed by atoms with E-state index in [4.69, 9.17) is 9.11 Å². The Morgan fingerprint density at radius 3 is 1.92 bits per heavy atom. The van der Waals surface area contributed by atoms with E-state index in [1.54, 1.807) is 0 Å². The molecule has 0 atom stereocenters. The zero-order chi connectivity index (χ0) is 10.5. The van der Waals surface area contributed by atoms with E-state index in [1.807, 2.05) is 0 Å². The Bertz CT molecular complexity index is 292. The molecule has 0 aliphatic carbocycles. The number of rotatable bonds is 6. The first-order valence-corrected chi connectivity index (χ1v) is 6.25. The lowest BCUT2D eigenvalue weighted by Crippen LogP contribution is -2.08. The van der Waals surface area contributed by atoms with Crippen LogP contribution in [-0.4, -0.2) is 38.3 Å². The lowest BCUT2D eigenvalue weighted by Gasteiger charge is -1.98. The molecule has 13 heavy (non-hydrogen) atoms. The van der Waals surface area contributed by atoms with Gasteiger partial charge in [0.1, 0.15) is 0 Å². The van der Waals surface area contributed by atoms with Gasteiger partial charge in [-0.2, -0.15) is 16.8 Å². The Hall–Kier alpha value is -0.220. The molecule has 0 saturated heterocycles.